The lowest BCUT2D eigenvalue weighted by atomic mass is 10.1. The number of alkyl halides is 3. The van der Waals surface area contributed by atoms with Crippen LogP contribution in [0, 0.1) is 5.82 Å². The summed E-state index contributed by atoms with van der Waals surface area (Å²) in [7, 11) is 0. The molecule has 6 heteroatoms. The minimum Gasteiger partial charge on any atom is -0.381 e. The molecule has 1 aliphatic rings. The number of hydrogen-bond acceptors (Lipinski definition) is 2. The molecular formula is C13H15F4NO. The van der Waals surface area contributed by atoms with E-state index in [-0.39, 0.29) is 6.04 Å². The van der Waals surface area contributed by atoms with E-state index in [1.165, 1.54) is 6.07 Å². The van der Waals surface area contributed by atoms with E-state index in [4.69, 9.17) is 4.74 Å². The average Bonchev–Trinajstić information content (AvgIpc) is 2.37. The molecule has 1 aromatic carbocycles. The first-order valence-corrected chi connectivity index (χ1v) is 6.13. The number of ether oxygens (including phenoxy) is 1. The van der Waals surface area contributed by atoms with E-state index in [1.807, 2.05) is 0 Å². The molecule has 0 bridgehead atoms. The summed E-state index contributed by atoms with van der Waals surface area (Å²) in [5, 5.41) is 3.17. The van der Waals surface area contributed by atoms with Crippen LogP contribution in [0.25, 0.3) is 0 Å². The SMILES string of the molecule is Fc1ccc(CNC2CCOCC2)cc1C(F)(F)F. The smallest absolute Gasteiger partial charge is 0.381 e. The third kappa shape index (κ3) is 3.91. The van der Waals surface area contributed by atoms with Crippen molar-refractivity contribution >= 4 is 0 Å². The standard InChI is InChI=1S/C13H15F4NO/c14-12-2-1-9(7-11(12)13(15,16)17)8-18-10-3-5-19-6-4-10/h1-2,7,10,18H,3-6,8H2. The van der Waals surface area contributed by atoms with Crippen LogP contribution >= 0.6 is 0 Å². The molecule has 0 atom stereocenters. The van der Waals surface area contributed by atoms with E-state index >= 15 is 0 Å². The number of halogens is 4. The Morgan fingerprint density at radius 2 is 1.89 bits per heavy atom. The molecule has 0 aliphatic carbocycles. The van der Waals surface area contributed by atoms with Crippen LogP contribution in [-0.4, -0.2) is 19.3 Å². The zero-order chi connectivity index (χ0) is 13.9. The molecular weight excluding hydrogens is 262 g/mol. The summed E-state index contributed by atoms with van der Waals surface area (Å²) in [6.45, 7) is 1.62. The van der Waals surface area contributed by atoms with Gasteiger partial charge in [0.15, 0.2) is 0 Å². The van der Waals surface area contributed by atoms with Gasteiger partial charge in [0.1, 0.15) is 5.82 Å². The normalized spacial score (nSPS) is 17.7. The monoisotopic (exact) mass is 277 g/mol. The van der Waals surface area contributed by atoms with Gasteiger partial charge in [-0.15, -0.1) is 0 Å². The number of nitrogens with one attached hydrogen (secondary N) is 1. The molecule has 1 aromatic rings. The van der Waals surface area contributed by atoms with Crippen molar-refractivity contribution in [2.45, 2.75) is 31.6 Å². The van der Waals surface area contributed by atoms with Gasteiger partial charge in [0.25, 0.3) is 0 Å². The predicted molar refractivity (Wildman–Crippen MR) is 62.1 cm³/mol. The van der Waals surface area contributed by atoms with Gasteiger partial charge < -0.3 is 10.1 Å². The Hall–Kier alpha value is -1.14. The minimum absolute atomic E-state index is 0.244. The average molecular weight is 277 g/mol. The summed E-state index contributed by atoms with van der Waals surface area (Å²) in [4.78, 5) is 0. The highest BCUT2D eigenvalue weighted by atomic mass is 19.4. The van der Waals surface area contributed by atoms with Crippen molar-refractivity contribution in [1.29, 1.82) is 0 Å². The largest absolute Gasteiger partial charge is 0.419 e. The van der Waals surface area contributed by atoms with Crippen LogP contribution in [-0.2, 0) is 17.5 Å². The fourth-order valence-corrected chi connectivity index (χ4v) is 2.06. The summed E-state index contributed by atoms with van der Waals surface area (Å²) in [6.07, 6.45) is -2.97. The molecule has 0 aromatic heterocycles. The predicted octanol–water partition coefficient (Wildman–Crippen LogP) is 3.11. The van der Waals surface area contributed by atoms with Crippen molar-refractivity contribution < 1.29 is 22.3 Å². The van der Waals surface area contributed by atoms with Gasteiger partial charge in [-0.05, 0) is 30.5 Å². The molecule has 2 nitrogen and oxygen atoms in total. The maximum absolute atomic E-state index is 13.1. The van der Waals surface area contributed by atoms with E-state index in [2.05, 4.69) is 5.32 Å². The fourth-order valence-electron chi connectivity index (χ4n) is 2.06. The highest BCUT2D eigenvalue weighted by Crippen LogP contribution is 2.31. The third-order valence-electron chi connectivity index (χ3n) is 3.15. The second-order valence-electron chi connectivity index (χ2n) is 4.58. The van der Waals surface area contributed by atoms with Crippen molar-refractivity contribution in [1.82, 2.24) is 5.32 Å². The van der Waals surface area contributed by atoms with Crippen molar-refractivity contribution in [2.24, 2.45) is 0 Å². The van der Waals surface area contributed by atoms with Crippen LogP contribution in [0.15, 0.2) is 18.2 Å². The summed E-state index contributed by atoms with van der Waals surface area (Å²) >= 11 is 0. The summed E-state index contributed by atoms with van der Waals surface area (Å²) < 4.78 is 55.9. The lowest BCUT2D eigenvalue weighted by Crippen LogP contribution is -2.34. The van der Waals surface area contributed by atoms with Crippen molar-refractivity contribution in [3.8, 4) is 0 Å². The topological polar surface area (TPSA) is 21.3 Å². The Morgan fingerprint density at radius 3 is 2.53 bits per heavy atom. The van der Waals surface area contributed by atoms with E-state index in [0.717, 1.165) is 25.0 Å². The van der Waals surface area contributed by atoms with Crippen LogP contribution in [0.5, 0.6) is 0 Å². The van der Waals surface area contributed by atoms with Gasteiger partial charge in [-0.1, -0.05) is 6.07 Å². The van der Waals surface area contributed by atoms with Gasteiger partial charge >= 0.3 is 6.18 Å². The van der Waals surface area contributed by atoms with E-state index in [0.29, 0.717) is 25.3 Å². The molecule has 106 valence electrons. The summed E-state index contributed by atoms with van der Waals surface area (Å²) in [6, 6.07) is 3.34. The first-order chi connectivity index (χ1) is 8.97. The molecule has 0 amide bonds. The molecule has 2 rings (SSSR count). The molecule has 1 fully saturated rings. The van der Waals surface area contributed by atoms with Crippen molar-refractivity contribution in [3.63, 3.8) is 0 Å². The van der Waals surface area contributed by atoms with Crippen LogP contribution in [0.4, 0.5) is 17.6 Å². The molecule has 1 aliphatic heterocycles. The Morgan fingerprint density at radius 1 is 1.21 bits per heavy atom. The first-order valence-electron chi connectivity index (χ1n) is 6.13. The molecule has 0 radical (unpaired) electrons. The zero-order valence-electron chi connectivity index (χ0n) is 10.3. The second-order valence-corrected chi connectivity index (χ2v) is 4.58. The van der Waals surface area contributed by atoms with Crippen molar-refractivity contribution in [3.05, 3.63) is 35.1 Å². The number of benzene rings is 1. The molecule has 1 N–H and O–H groups in total. The Labute approximate surface area is 108 Å². The number of hydrogen-bond donors (Lipinski definition) is 1. The summed E-state index contributed by atoms with van der Waals surface area (Å²) in [5.74, 6) is -1.23. The fraction of sp³-hybridized carbons (Fsp3) is 0.538. The van der Waals surface area contributed by atoms with Gasteiger partial charge in [0.2, 0.25) is 0 Å². The van der Waals surface area contributed by atoms with Crippen LogP contribution in [0.1, 0.15) is 24.0 Å². The Bertz CT molecular complexity index is 427. The molecule has 1 saturated heterocycles. The zero-order valence-corrected chi connectivity index (χ0v) is 10.3. The van der Waals surface area contributed by atoms with E-state index < -0.39 is 17.6 Å². The lowest BCUT2D eigenvalue weighted by molar-refractivity contribution is -0.140. The minimum atomic E-state index is -4.65. The van der Waals surface area contributed by atoms with Gasteiger partial charge in [0.05, 0.1) is 5.56 Å². The van der Waals surface area contributed by atoms with Gasteiger partial charge in [-0.3, -0.25) is 0 Å². The van der Waals surface area contributed by atoms with Gasteiger partial charge in [-0.25, -0.2) is 4.39 Å². The highest BCUT2D eigenvalue weighted by Gasteiger charge is 2.34. The van der Waals surface area contributed by atoms with Crippen LogP contribution in [0.2, 0.25) is 0 Å². The molecule has 0 spiro atoms. The number of rotatable bonds is 3. The molecule has 0 unspecified atom stereocenters. The molecule has 0 saturated carbocycles. The lowest BCUT2D eigenvalue weighted by Gasteiger charge is -2.23. The van der Waals surface area contributed by atoms with E-state index in [9.17, 15) is 17.6 Å². The molecule has 19 heavy (non-hydrogen) atoms. The van der Waals surface area contributed by atoms with Gasteiger partial charge in [0, 0.05) is 25.8 Å². The second kappa shape index (κ2) is 5.88. The van der Waals surface area contributed by atoms with Crippen LogP contribution < -0.4 is 5.32 Å². The maximum Gasteiger partial charge on any atom is 0.419 e. The Balaban J connectivity index is 2.00. The van der Waals surface area contributed by atoms with Crippen LogP contribution in [0.3, 0.4) is 0 Å². The summed E-state index contributed by atoms with van der Waals surface area (Å²) in [5.41, 5.74) is -0.779. The highest BCUT2D eigenvalue weighted by molar-refractivity contribution is 5.27. The Kier molecular flexibility index (Phi) is 4.42. The first kappa shape index (κ1) is 14.3. The van der Waals surface area contributed by atoms with Crippen molar-refractivity contribution in [2.75, 3.05) is 13.2 Å². The third-order valence-corrected chi connectivity index (χ3v) is 3.15. The van der Waals surface area contributed by atoms with Gasteiger partial charge in [-0.2, -0.15) is 13.2 Å². The molecule has 1 heterocycles. The van der Waals surface area contributed by atoms with E-state index in [1.54, 1.807) is 0 Å². The quantitative estimate of drug-likeness (QED) is 0.857. The maximum atomic E-state index is 13.1.